The topological polar surface area (TPSA) is 55.8 Å². The molecule has 29 heavy (non-hydrogen) atoms. The van der Waals surface area contributed by atoms with Crippen molar-refractivity contribution in [2.24, 2.45) is 0 Å². The zero-order valence-corrected chi connectivity index (χ0v) is 18.3. The summed E-state index contributed by atoms with van der Waals surface area (Å²) in [5, 5.41) is 9.52. The maximum atomic E-state index is 11.6. The molecule has 0 unspecified atom stereocenters. The molecule has 1 aromatic rings. The van der Waals surface area contributed by atoms with E-state index in [9.17, 15) is 9.90 Å². The third-order valence-corrected chi connectivity index (χ3v) is 5.89. The number of carboxylic acids is 1. The first-order valence-electron chi connectivity index (χ1n) is 11.9. The number of rotatable bonds is 17. The summed E-state index contributed by atoms with van der Waals surface area (Å²) in [5.41, 5.74) is 1.14. The summed E-state index contributed by atoms with van der Waals surface area (Å²) in [4.78, 5) is 11.6. The SMILES string of the molecule is CCCCCCCCCCCCCCCCCc1ccc2c(c1C(=O)O)OCO2. The van der Waals surface area contributed by atoms with Crippen LogP contribution in [0.15, 0.2) is 12.1 Å². The highest BCUT2D eigenvalue weighted by Crippen LogP contribution is 2.38. The van der Waals surface area contributed by atoms with Crippen LogP contribution in [0.25, 0.3) is 0 Å². The minimum Gasteiger partial charge on any atom is -0.478 e. The number of fused-ring (bicyclic) bond motifs is 1. The van der Waals surface area contributed by atoms with Gasteiger partial charge in [-0.15, -0.1) is 0 Å². The van der Waals surface area contributed by atoms with Gasteiger partial charge >= 0.3 is 5.97 Å². The highest BCUT2D eigenvalue weighted by atomic mass is 16.7. The number of benzene rings is 1. The second kappa shape index (κ2) is 14.3. The predicted octanol–water partition coefficient (Wildman–Crippen LogP) is 7.53. The minimum absolute atomic E-state index is 0.109. The molecule has 0 radical (unpaired) electrons. The van der Waals surface area contributed by atoms with E-state index in [0.717, 1.165) is 24.8 Å². The summed E-state index contributed by atoms with van der Waals surface area (Å²) >= 11 is 0. The van der Waals surface area contributed by atoms with Crippen LogP contribution >= 0.6 is 0 Å². The number of hydrogen-bond donors (Lipinski definition) is 1. The number of aromatic carboxylic acids is 1. The van der Waals surface area contributed by atoms with E-state index in [1.165, 1.54) is 83.5 Å². The van der Waals surface area contributed by atoms with E-state index in [1.54, 1.807) is 0 Å². The van der Waals surface area contributed by atoms with Crippen LogP contribution in [0.4, 0.5) is 0 Å². The summed E-state index contributed by atoms with van der Waals surface area (Å²) in [5.74, 6) is 0.0157. The maximum Gasteiger partial charge on any atom is 0.339 e. The molecule has 1 aliphatic heterocycles. The van der Waals surface area contributed by atoms with E-state index < -0.39 is 5.97 Å². The lowest BCUT2D eigenvalue weighted by Crippen LogP contribution is -2.05. The fourth-order valence-electron chi connectivity index (χ4n) is 4.14. The van der Waals surface area contributed by atoms with Gasteiger partial charge in [-0.05, 0) is 24.5 Å². The quantitative estimate of drug-likeness (QED) is 0.273. The molecule has 0 fully saturated rings. The van der Waals surface area contributed by atoms with Gasteiger partial charge in [-0.1, -0.05) is 103 Å². The van der Waals surface area contributed by atoms with E-state index in [2.05, 4.69) is 6.92 Å². The molecule has 4 heteroatoms. The van der Waals surface area contributed by atoms with E-state index in [4.69, 9.17) is 9.47 Å². The van der Waals surface area contributed by atoms with Crippen molar-refractivity contribution in [1.82, 2.24) is 0 Å². The van der Waals surface area contributed by atoms with Crippen LogP contribution in [0.3, 0.4) is 0 Å². The molecule has 1 N–H and O–H groups in total. The average molecular weight is 405 g/mol. The Hall–Kier alpha value is -1.71. The van der Waals surface area contributed by atoms with E-state index in [-0.39, 0.29) is 12.4 Å². The number of aryl methyl sites for hydroxylation is 1. The Morgan fingerprint density at radius 2 is 1.31 bits per heavy atom. The molecule has 0 spiro atoms. The molecule has 0 saturated carbocycles. The predicted molar refractivity (Wildman–Crippen MR) is 118 cm³/mol. The number of unbranched alkanes of at least 4 members (excludes halogenated alkanes) is 14. The first-order valence-corrected chi connectivity index (χ1v) is 11.9. The summed E-state index contributed by atoms with van der Waals surface area (Å²) in [6.07, 6.45) is 20.8. The standard InChI is InChI=1S/C25H40O4/c1-2-3-4-5-6-7-8-9-10-11-12-13-14-15-16-17-21-18-19-22-24(29-20-28-22)23(21)25(26)27/h18-19H,2-17,20H2,1H3,(H,26,27). The first kappa shape index (κ1) is 23.6. The summed E-state index contributed by atoms with van der Waals surface area (Å²) in [6.45, 7) is 2.38. The van der Waals surface area contributed by atoms with Crippen molar-refractivity contribution in [1.29, 1.82) is 0 Å². The van der Waals surface area contributed by atoms with Crippen LogP contribution in [-0.2, 0) is 6.42 Å². The molecular formula is C25H40O4. The zero-order chi connectivity index (χ0) is 20.7. The second-order valence-corrected chi connectivity index (χ2v) is 8.34. The van der Waals surface area contributed by atoms with Crippen molar-refractivity contribution in [2.45, 2.75) is 110 Å². The monoisotopic (exact) mass is 404 g/mol. The number of hydrogen-bond acceptors (Lipinski definition) is 3. The Morgan fingerprint density at radius 1 is 0.793 bits per heavy atom. The third-order valence-electron chi connectivity index (χ3n) is 5.89. The Bertz CT molecular complexity index is 597. The lowest BCUT2D eigenvalue weighted by molar-refractivity contribution is 0.0690. The molecule has 0 bridgehead atoms. The van der Waals surface area contributed by atoms with Gasteiger partial charge in [0, 0.05) is 0 Å². The lowest BCUT2D eigenvalue weighted by atomic mass is 9.99. The zero-order valence-electron chi connectivity index (χ0n) is 18.3. The molecule has 1 aliphatic rings. The Morgan fingerprint density at radius 3 is 1.83 bits per heavy atom. The third kappa shape index (κ3) is 8.67. The molecule has 2 rings (SSSR count). The van der Waals surface area contributed by atoms with Gasteiger partial charge in [0.2, 0.25) is 6.79 Å². The van der Waals surface area contributed by atoms with Crippen LogP contribution in [-0.4, -0.2) is 17.9 Å². The molecule has 0 aliphatic carbocycles. The first-order chi connectivity index (χ1) is 14.2. The van der Waals surface area contributed by atoms with Crippen LogP contribution in [0.1, 0.15) is 119 Å². The average Bonchev–Trinajstić information content (AvgIpc) is 3.19. The molecule has 0 aromatic heterocycles. The minimum atomic E-state index is -0.927. The van der Waals surface area contributed by atoms with Gasteiger partial charge in [0.25, 0.3) is 0 Å². The van der Waals surface area contributed by atoms with E-state index >= 15 is 0 Å². The molecule has 1 heterocycles. The fourth-order valence-corrected chi connectivity index (χ4v) is 4.14. The number of ether oxygens (including phenoxy) is 2. The number of carbonyl (C=O) groups is 1. The van der Waals surface area contributed by atoms with Crippen LogP contribution in [0.5, 0.6) is 11.5 Å². The largest absolute Gasteiger partial charge is 0.478 e. The summed E-state index contributed by atoms with van der Waals surface area (Å²) in [6, 6.07) is 3.70. The Kier molecular flexibility index (Phi) is 11.6. The normalized spacial score (nSPS) is 12.4. The van der Waals surface area contributed by atoms with Crippen LogP contribution < -0.4 is 9.47 Å². The van der Waals surface area contributed by atoms with Crippen molar-refractivity contribution in [3.05, 3.63) is 23.3 Å². The Balaban J connectivity index is 1.46. The van der Waals surface area contributed by atoms with Gasteiger partial charge in [0.05, 0.1) is 0 Å². The van der Waals surface area contributed by atoms with Crippen molar-refractivity contribution in [2.75, 3.05) is 6.79 Å². The highest BCUT2D eigenvalue weighted by molar-refractivity contribution is 5.94. The molecule has 4 nitrogen and oxygen atoms in total. The second-order valence-electron chi connectivity index (χ2n) is 8.34. The molecule has 0 saturated heterocycles. The molecule has 164 valence electrons. The molecule has 0 amide bonds. The molecular weight excluding hydrogens is 364 g/mol. The highest BCUT2D eigenvalue weighted by Gasteiger charge is 2.24. The van der Waals surface area contributed by atoms with Gasteiger partial charge < -0.3 is 14.6 Å². The maximum absolute atomic E-state index is 11.6. The van der Waals surface area contributed by atoms with Crippen molar-refractivity contribution < 1.29 is 19.4 Å². The van der Waals surface area contributed by atoms with Crippen LogP contribution in [0.2, 0.25) is 0 Å². The van der Waals surface area contributed by atoms with Gasteiger partial charge in [-0.3, -0.25) is 0 Å². The molecule has 0 atom stereocenters. The van der Waals surface area contributed by atoms with Crippen molar-refractivity contribution in [3.8, 4) is 11.5 Å². The lowest BCUT2D eigenvalue weighted by Gasteiger charge is -2.09. The van der Waals surface area contributed by atoms with Gasteiger partial charge in [-0.2, -0.15) is 0 Å². The summed E-state index contributed by atoms with van der Waals surface area (Å²) in [7, 11) is 0. The number of carboxylic acid groups (broad SMARTS) is 1. The fraction of sp³-hybridized carbons (Fsp3) is 0.720. The van der Waals surface area contributed by atoms with E-state index in [0.29, 0.717) is 11.5 Å². The van der Waals surface area contributed by atoms with Crippen molar-refractivity contribution in [3.63, 3.8) is 0 Å². The Labute approximate surface area is 177 Å². The van der Waals surface area contributed by atoms with Crippen molar-refractivity contribution >= 4 is 5.97 Å². The van der Waals surface area contributed by atoms with E-state index in [1.807, 2.05) is 12.1 Å². The van der Waals surface area contributed by atoms with Gasteiger partial charge in [-0.25, -0.2) is 4.79 Å². The summed E-state index contributed by atoms with van der Waals surface area (Å²) < 4.78 is 10.6. The van der Waals surface area contributed by atoms with Crippen LogP contribution in [0, 0.1) is 0 Å². The van der Waals surface area contributed by atoms with Gasteiger partial charge in [0.1, 0.15) is 5.56 Å². The molecule has 1 aromatic carbocycles. The van der Waals surface area contributed by atoms with Gasteiger partial charge in [0.15, 0.2) is 11.5 Å². The smallest absolute Gasteiger partial charge is 0.339 e.